The van der Waals surface area contributed by atoms with Gasteiger partial charge in [-0.3, -0.25) is 82.1 Å². The fraction of sp³-hybridized carbons (Fsp3) is 0.0600. The molecule has 3 amide bonds. The van der Waals surface area contributed by atoms with Gasteiger partial charge in [-0.15, -0.1) is 24.0 Å². The van der Waals surface area contributed by atoms with Crippen LogP contribution in [0.2, 0.25) is 5.02 Å². The summed E-state index contributed by atoms with van der Waals surface area (Å²) < 4.78 is 5.96. The summed E-state index contributed by atoms with van der Waals surface area (Å²) >= 11 is 10.4. The van der Waals surface area contributed by atoms with E-state index in [0.717, 1.165) is 12.1 Å². The normalized spacial score (nSPS) is 11.0. The molecule has 4 aliphatic rings. The van der Waals surface area contributed by atoms with E-state index in [1.165, 1.54) is 65.9 Å². The summed E-state index contributed by atoms with van der Waals surface area (Å²) in [5.74, 6) is -3.72. The molecule has 0 fully saturated rings. The average molecular weight is 2070 g/mol. The van der Waals surface area contributed by atoms with Crippen molar-refractivity contribution in [3.05, 3.63) is 434 Å². The first-order chi connectivity index (χ1) is 65.1. The molecule has 0 aliphatic heterocycles. The monoisotopic (exact) mass is 2070 g/mol. The molecule has 140 heavy (non-hydrogen) atoms. The van der Waals surface area contributed by atoms with Crippen molar-refractivity contribution in [1.29, 1.82) is 0 Å². The van der Waals surface area contributed by atoms with Crippen LogP contribution in [-0.2, 0) is 33.5 Å². The molecule has 3 aromatic heterocycles. The van der Waals surface area contributed by atoms with Gasteiger partial charge in [0.2, 0.25) is 11.3 Å². The number of nitrogen functional groups attached to an aromatic ring is 3. The summed E-state index contributed by atoms with van der Waals surface area (Å²) in [6.45, 7) is 20.0. The van der Waals surface area contributed by atoms with Crippen LogP contribution in [0, 0.1) is 20.2 Å². The second kappa shape index (κ2) is 52.0. The number of carboxylic acids is 1. The zero-order valence-corrected chi connectivity index (χ0v) is 81.4. The Balaban J connectivity index is 0.000000340. The molecule has 40 heteroatoms. The summed E-state index contributed by atoms with van der Waals surface area (Å²) in [5, 5.41) is 34.4. The molecular weight excluding hydrogens is 1990 g/mol. The van der Waals surface area contributed by atoms with Gasteiger partial charge in [-0.2, -0.15) is 5.48 Å². The predicted octanol–water partition coefficient (Wildman–Crippen LogP) is 14.0. The van der Waals surface area contributed by atoms with Gasteiger partial charge in [0.15, 0.2) is 46.3 Å². The van der Waals surface area contributed by atoms with Crippen molar-refractivity contribution in [1.82, 2.24) is 19.8 Å². The first kappa shape index (κ1) is 112. The van der Waals surface area contributed by atoms with Crippen LogP contribution in [0.25, 0.3) is 16.6 Å². The number of anilines is 5. The third-order valence-corrected chi connectivity index (χ3v) is 19.9. The van der Waals surface area contributed by atoms with Gasteiger partial charge in [-0.1, -0.05) is 147 Å². The largest absolute Gasteiger partial charge is 1.00 e. The van der Waals surface area contributed by atoms with Gasteiger partial charge < -0.3 is 43.9 Å². The number of nitrogens with one attached hydrogen (secondary N) is 3. The number of urea groups is 1. The van der Waals surface area contributed by atoms with E-state index in [1.807, 2.05) is 17.6 Å². The molecular formula is C100H81Cl2FIKN12O23. The quantitative estimate of drug-likeness (QED) is 0.00485. The van der Waals surface area contributed by atoms with Crippen LogP contribution in [0.4, 0.5) is 49.4 Å². The van der Waals surface area contributed by atoms with Gasteiger partial charge in [0.1, 0.15) is 18.1 Å². The second-order valence-corrected chi connectivity index (χ2v) is 29.9. The topological polar surface area (TPSA) is 555 Å². The van der Waals surface area contributed by atoms with E-state index < -0.39 is 39.0 Å². The fourth-order valence-electron chi connectivity index (χ4n) is 12.5. The van der Waals surface area contributed by atoms with Crippen molar-refractivity contribution in [3.63, 3.8) is 0 Å². The number of rotatable bonds is 12. The number of aromatic carboxylic acids is 1. The van der Waals surface area contributed by atoms with E-state index in [-0.39, 0.29) is 204 Å². The Kier molecular flexibility index (Phi) is 41.7. The number of aliphatic imine (C=N–C) groups is 1. The number of hydrogen-bond donors (Lipinski definition) is 7. The molecule has 0 spiro atoms. The number of pyridine rings is 2. The number of carbonyl (C=O) groups is 14. The van der Waals surface area contributed by atoms with Crippen molar-refractivity contribution in [3.8, 4) is 0 Å². The summed E-state index contributed by atoms with van der Waals surface area (Å²) in [4.78, 5) is 222. The molecule has 708 valence electrons. The molecule has 17 rings (SSSR count). The Morgan fingerprint density at radius 2 is 0.864 bits per heavy atom. The average Bonchev–Trinajstić information content (AvgIpc) is 0.779. The van der Waals surface area contributed by atoms with E-state index in [1.54, 1.807) is 203 Å². The Bertz CT molecular complexity index is 7260. The number of fused-ring (bicyclic) bond motifs is 10. The number of aromatic nitrogens is 3. The van der Waals surface area contributed by atoms with Crippen molar-refractivity contribution in [2.24, 2.45) is 4.99 Å². The van der Waals surface area contributed by atoms with Gasteiger partial charge >= 0.3 is 75.3 Å². The second-order valence-electron chi connectivity index (χ2n) is 29.1. The molecule has 0 atom stereocenters. The molecule has 35 nitrogen and oxygen atoms in total. The third-order valence-electron chi connectivity index (χ3n) is 19.2. The van der Waals surface area contributed by atoms with Crippen LogP contribution < -0.4 is 90.3 Å². The number of non-ortho nitro benzene ring substituents is 2. The van der Waals surface area contributed by atoms with E-state index in [2.05, 4.69) is 61.5 Å². The van der Waals surface area contributed by atoms with Crippen molar-refractivity contribution >= 4 is 191 Å². The van der Waals surface area contributed by atoms with Crippen LogP contribution in [0.1, 0.15) is 168 Å². The molecule has 0 radical (unpaired) electrons. The first-order valence-electron chi connectivity index (χ1n) is 40.0. The van der Waals surface area contributed by atoms with E-state index in [4.69, 9.17) is 45.5 Å². The number of nitro groups is 2. The number of hydrogen-bond acceptors (Lipinski definition) is 28. The number of halogens is 4. The number of isocyanates is 1. The third kappa shape index (κ3) is 28.8. The SMILES string of the molecule is C=C(C)C(=O)Cl.C=C(C)C(=O)Nc1ccc2c(c1)C(=O)c1ccccc1C2=O.C=C(C)C(=O)OCCN=C=O.C=C(C)C(=O)ONC(=O)Nc1ccc2c(c1)C(=O)c1ccccc1C2=O.F.I.Nc1ccc2c(c1)C(=O)c1ccccc1C2=O.Nc1ccc2c(c1)C(=O)c1ccccc1C2=O.Nc1ccccn1.O=C(O)c1cc([N+](=O)[O-])ccc1Cl.O=c1c2cc([N+](=O)[O-])ccc2nc2ccccn12.[H-].[HH].[K+]. The molecule has 10 aromatic carbocycles. The molecule has 13 aromatic rings. The maximum absolute atomic E-state index is 12.6. The van der Waals surface area contributed by atoms with Crippen LogP contribution in [0.5, 0.6) is 0 Å². The predicted molar refractivity (Wildman–Crippen MR) is 529 cm³/mol. The first-order valence-corrected chi connectivity index (χ1v) is 40.7. The zero-order valence-electron chi connectivity index (χ0n) is 75.4. The number of nitrogens with two attached hydrogens (primary N) is 3. The number of hydroxylamine groups is 1. The van der Waals surface area contributed by atoms with Gasteiger partial charge in [0.25, 0.3) is 22.8 Å². The number of nitro benzene ring substituents is 2. The fourth-order valence-corrected chi connectivity index (χ4v) is 12.7. The summed E-state index contributed by atoms with van der Waals surface area (Å²) in [6, 6.07) is 62.9. The van der Waals surface area contributed by atoms with Crippen LogP contribution in [0.3, 0.4) is 0 Å². The van der Waals surface area contributed by atoms with Crippen LogP contribution >= 0.6 is 47.2 Å². The number of allylic oxidation sites excluding steroid dienone is 1. The Hall–Kier alpha value is -16.4. The number of esters is 1. The number of amides is 3. The molecule has 3 heterocycles. The van der Waals surface area contributed by atoms with Crippen molar-refractivity contribution < 1.29 is 155 Å². The Morgan fingerprint density at radius 1 is 0.493 bits per heavy atom. The summed E-state index contributed by atoms with van der Waals surface area (Å²) in [6.07, 6.45) is 4.58. The number of nitrogens with zero attached hydrogens (tertiary/aromatic N) is 6. The van der Waals surface area contributed by atoms with Crippen molar-refractivity contribution in [2.75, 3.05) is 41.0 Å². The van der Waals surface area contributed by atoms with Gasteiger partial charge in [-0.25, -0.2) is 38.9 Å². The standard InChI is InChI=1S/C19H14N2O5.C18H13NO3.2C14H9NO2.C12H7N3O3.C7H4ClNO4.C7H9NO3.C5H6N2.C4H5ClO.FH.HI.K.H2.H/c1-10(2)18(24)26-21-19(25)20-11-7-8-14-15(9-11)17(23)13-6-4-3-5-12(13)16(14)22;1-10(2)18(22)19-11-7-8-14-15(9-11)17(21)13-6-4-3-5-12(13)16(14)20;2*15-8-5-6-11-12(7-8)14(17)10-4-2-1-3-9(10)13(11)16;16-12-9-7-8(15(17)18)4-5-10(9)13-11-3-1-2-6-14(11)12;8-6-2-1-4(9(12)13)3-5(6)7(10)11;1-6(2)7(10)11-4-3-8-5-9;6-5-3-1-2-4-7-5;1-3(2)4(5)6;;;;;/h3-9H,1H2,2H3,(H2,20,21,25);3-9H,1H2,2H3,(H,19,22);2*1-7H,15H2;1-7H;1-3H,(H,10,11);1,3-4H2,2H3;1-4H,(H2,6,7);1H2,2H3;2*1H;;1H;/q;;;;;;;;;;;+1;;-1. The van der Waals surface area contributed by atoms with Gasteiger partial charge in [0.05, 0.1) is 37.9 Å². The van der Waals surface area contributed by atoms with E-state index in [0.29, 0.717) is 129 Å². The molecule has 0 saturated heterocycles. The zero-order chi connectivity index (χ0) is 100. The number of benzene rings is 10. The molecule has 4 aliphatic carbocycles. The minimum atomic E-state index is -1.28. The minimum absolute atomic E-state index is 0. The molecule has 10 N–H and O–H groups in total. The Labute approximate surface area is 866 Å². The minimum Gasteiger partial charge on any atom is -1.00 e. The number of carboxylic acid groups (broad SMARTS) is 1. The van der Waals surface area contributed by atoms with E-state index in [9.17, 15) is 96.9 Å². The maximum Gasteiger partial charge on any atom is 1.00 e. The van der Waals surface area contributed by atoms with Crippen molar-refractivity contribution in [2.45, 2.75) is 27.7 Å². The van der Waals surface area contributed by atoms with Gasteiger partial charge in [0, 0.05) is 172 Å². The summed E-state index contributed by atoms with van der Waals surface area (Å²) in [5.41, 5.74) is 27.5. The van der Waals surface area contributed by atoms with Gasteiger partial charge in [-0.05, 0) is 148 Å². The smallest absolute Gasteiger partial charge is 1.00 e. The molecule has 0 bridgehead atoms. The Morgan fingerprint density at radius 3 is 1.23 bits per heavy atom. The number of ether oxygens (including phenoxy) is 1. The number of carbonyl (C=O) groups excluding carboxylic acids is 14. The van der Waals surface area contributed by atoms with E-state index >= 15 is 0 Å². The molecule has 0 saturated carbocycles. The molecule has 0 unspecified atom stereocenters. The number of ketones is 8. The summed E-state index contributed by atoms with van der Waals surface area (Å²) in [7, 11) is 0. The maximum atomic E-state index is 12.6. The van der Waals surface area contributed by atoms with Crippen LogP contribution in [-0.4, -0.2) is 130 Å². The van der Waals surface area contributed by atoms with Crippen LogP contribution in [0.15, 0.2) is 313 Å².